The van der Waals surface area contributed by atoms with Gasteiger partial charge in [0.05, 0.1) is 18.8 Å². The quantitative estimate of drug-likeness (QED) is 0.726. The maximum Gasteiger partial charge on any atom is 0.0703 e. The summed E-state index contributed by atoms with van der Waals surface area (Å²) in [7, 11) is 0. The lowest BCUT2D eigenvalue weighted by Gasteiger charge is -2.27. The molecule has 3 atom stereocenters. The average molecular weight is 229 g/mol. The van der Waals surface area contributed by atoms with Gasteiger partial charge in [-0.1, -0.05) is 20.3 Å². The van der Waals surface area contributed by atoms with Crippen molar-refractivity contribution in [1.82, 2.24) is 5.32 Å². The molecule has 0 spiro atoms. The van der Waals surface area contributed by atoms with Gasteiger partial charge in [0.15, 0.2) is 0 Å². The Balaban J connectivity index is 2.19. The zero-order valence-electron chi connectivity index (χ0n) is 11.0. The highest BCUT2D eigenvalue weighted by atomic mass is 16.5. The van der Waals surface area contributed by atoms with Crippen molar-refractivity contribution in [2.45, 2.75) is 52.2 Å². The lowest BCUT2D eigenvalue weighted by molar-refractivity contribution is -0.0126. The number of rotatable bonds is 7. The largest absolute Gasteiger partial charge is 0.378 e. The zero-order valence-corrected chi connectivity index (χ0v) is 11.0. The summed E-state index contributed by atoms with van der Waals surface area (Å²) in [5, 5.41) is 3.37. The van der Waals surface area contributed by atoms with Crippen LogP contribution in [0.5, 0.6) is 0 Å². The smallest absolute Gasteiger partial charge is 0.0703 e. The second-order valence-electron chi connectivity index (χ2n) is 4.76. The van der Waals surface area contributed by atoms with Crippen LogP contribution in [-0.2, 0) is 9.47 Å². The summed E-state index contributed by atoms with van der Waals surface area (Å²) in [6.07, 6.45) is 4.17. The van der Waals surface area contributed by atoms with Gasteiger partial charge >= 0.3 is 0 Å². The molecule has 0 aromatic heterocycles. The van der Waals surface area contributed by atoms with Crippen LogP contribution in [0.2, 0.25) is 0 Å². The Morgan fingerprint density at radius 1 is 1.38 bits per heavy atom. The number of hydrogen-bond acceptors (Lipinski definition) is 3. The molecule has 1 saturated heterocycles. The Morgan fingerprint density at radius 2 is 2.19 bits per heavy atom. The molecular weight excluding hydrogens is 202 g/mol. The maximum atomic E-state index is 5.81. The molecule has 0 aromatic carbocycles. The normalized spacial score (nSPS) is 25.3. The minimum absolute atomic E-state index is 0.388. The number of hydrogen-bond donors (Lipinski definition) is 1. The predicted molar refractivity (Wildman–Crippen MR) is 66.7 cm³/mol. The summed E-state index contributed by atoms with van der Waals surface area (Å²) in [4.78, 5) is 0. The Bertz CT molecular complexity index is 169. The first-order chi connectivity index (χ1) is 7.76. The molecule has 0 radical (unpaired) electrons. The van der Waals surface area contributed by atoms with Crippen LogP contribution in [0, 0.1) is 5.92 Å². The van der Waals surface area contributed by atoms with E-state index in [0.717, 1.165) is 39.1 Å². The van der Waals surface area contributed by atoms with Crippen LogP contribution in [0.1, 0.15) is 40.0 Å². The van der Waals surface area contributed by atoms with Gasteiger partial charge in [0.2, 0.25) is 0 Å². The second-order valence-corrected chi connectivity index (χ2v) is 4.76. The van der Waals surface area contributed by atoms with Crippen LogP contribution in [0.4, 0.5) is 0 Å². The van der Waals surface area contributed by atoms with Gasteiger partial charge in [-0.3, -0.25) is 0 Å². The highest BCUT2D eigenvalue weighted by Gasteiger charge is 2.18. The molecule has 1 rings (SSSR count). The first kappa shape index (κ1) is 13.9. The van der Waals surface area contributed by atoms with Crippen molar-refractivity contribution in [2.75, 3.05) is 26.3 Å². The molecule has 1 heterocycles. The summed E-state index contributed by atoms with van der Waals surface area (Å²) >= 11 is 0. The lowest BCUT2D eigenvalue weighted by atomic mass is 9.99. The summed E-state index contributed by atoms with van der Waals surface area (Å²) in [5.41, 5.74) is 0. The molecule has 0 aromatic rings. The van der Waals surface area contributed by atoms with Crippen molar-refractivity contribution in [3.05, 3.63) is 0 Å². The van der Waals surface area contributed by atoms with Gasteiger partial charge in [0.25, 0.3) is 0 Å². The van der Waals surface area contributed by atoms with E-state index in [1.807, 2.05) is 0 Å². The number of ether oxygens (including phenoxy) is 2. The van der Waals surface area contributed by atoms with Crippen molar-refractivity contribution in [2.24, 2.45) is 5.92 Å². The molecule has 3 unspecified atom stereocenters. The van der Waals surface area contributed by atoms with Crippen molar-refractivity contribution in [1.29, 1.82) is 0 Å². The Labute approximate surface area is 99.9 Å². The van der Waals surface area contributed by atoms with Crippen molar-refractivity contribution < 1.29 is 9.47 Å². The van der Waals surface area contributed by atoms with Crippen LogP contribution in [0.25, 0.3) is 0 Å². The van der Waals surface area contributed by atoms with Crippen LogP contribution < -0.4 is 5.32 Å². The van der Waals surface area contributed by atoms with Crippen molar-refractivity contribution in [3.8, 4) is 0 Å². The summed E-state index contributed by atoms with van der Waals surface area (Å²) in [5.74, 6) is 0.638. The van der Waals surface area contributed by atoms with E-state index >= 15 is 0 Å². The standard InChI is InChI=1S/C13H27NO2/c1-4-11(3)16-10-12(5-2)8-13-9-14-6-7-15-13/h11-14H,4-10H2,1-3H3. The predicted octanol–water partition coefficient (Wildman–Crippen LogP) is 2.21. The minimum Gasteiger partial charge on any atom is -0.378 e. The van der Waals surface area contributed by atoms with Gasteiger partial charge in [0.1, 0.15) is 0 Å². The molecule has 16 heavy (non-hydrogen) atoms. The van der Waals surface area contributed by atoms with Gasteiger partial charge in [-0.05, 0) is 25.7 Å². The van der Waals surface area contributed by atoms with E-state index in [1.165, 1.54) is 6.42 Å². The molecule has 1 aliphatic heterocycles. The van der Waals surface area contributed by atoms with Gasteiger partial charge in [-0.2, -0.15) is 0 Å². The fourth-order valence-corrected chi connectivity index (χ4v) is 1.91. The van der Waals surface area contributed by atoms with Gasteiger partial charge < -0.3 is 14.8 Å². The highest BCUT2D eigenvalue weighted by Crippen LogP contribution is 2.16. The third-order valence-corrected chi connectivity index (χ3v) is 3.37. The van der Waals surface area contributed by atoms with Crippen LogP contribution in [0.15, 0.2) is 0 Å². The van der Waals surface area contributed by atoms with Crippen molar-refractivity contribution >= 4 is 0 Å². The molecule has 96 valence electrons. The monoisotopic (exact) mass is 229 g/mol. The Kier molecular flexibility index (Phi) is 7.01. The third-order valence-electron chi connectivity index (χ3n) is 3.37. The molecule has 1 N–H and O–H groups in total. The number of nitrogens with one attached hydrogen (secondary N) is 1. The minimum atomic E-state index is 0.388. The zero-order chi connectivity index (χ0) is 11.8. The summed E-state index contributed by atoms with van der Waals surface area (Å²) < 4.78 is 11.5. The van der Waals surface area contributed by atoms with Gasteiger partial charge in [0, 0.05) is 19.7 Å². The summed E-state index contributed by atoms with van der Waals surface area (Å²) in [6, 6.07) is 0. The molecular formula is C13H27NO2. The van der Waals surface area contributed by atoms with E-state index in [9.17, 15) is 0 Å². The summed E-state index contributed by atoms with van der Waals surface area (Å²) in [6.45, 7) is 10.3. The molecule has 0 aliphatic carbocycles. The molecule has 0 saturated carbocycles. The molecule has 0 amide bonds. The van der Waals surface area contributed by atoms with E-state index in [1.54, 1.807) is 0 Å². The van der Waals surface area contributed by atoms with E-state index in [-0.39, 0.29) is 0 Å². The van der Waals surface area contributed by atoms with Crippen LogP contribution in [-0.4, -0.2) is 38.5 Å². The van der Waals surface area contributed by atoms with E-state index in [4.69, 9.17) is 9.47 Å². The van der Waals surface area contributed by atoms with E-state index in [2.05, 4.69) is 26.1 Å². The fourth-order valence-electron chi connectivity index (χ4n) is 1.91. The maximum absolute atomic E-state index is 5.81. The Morgan fingerprint density at radius 3 is 2.75 bits per heavy atom. The number of morpholine rings is 1. The molecule has 3 heteroatoms. The van der Waals surface area contributed by atoms with E-state index < -0.39 is 0 Å². The second kappa shape index (κ2) is 8.04. The molecule has 1 aliphatic rings. The third kappa shape index (κ3) is 5.28. The topological polar surface area (TPSA) is 30.5 Å². The van der Waals surface area contributed by atoms with E-state index in [0.29, 0.717) is 18.1 Å². The molecule has 0 bridgehead atoms. The average Bonchev–Trinajstić information content (AvgIpc) is 2.35. The fraction of sp³-hybridized carbons (Fsp3) is 1.00. The van der Waals surface area contributed by atoms with Crippen LogP contribution >= 0.6 is 0 Å². The lowest BCUT2D eigenvalue weighted by Crippen LogP contribution is -2.39. The molecule has 3 nitrogen and oxygen atoms in total. The Hall–Kier alpha value is -0.120. The first-order valence-corrected chi connectivity index (χ1v) is 6.70. The highest BCUT2D eigenvalue weighted by molar-refractivity contribution is 4.71. The van der Waals surface area contributed by atoms with Crippen LogP contribution in [0.3, 0.4) is 0 Å². The first-order valence-electron chi connectivity index (χ1n) is 6.70. The molecule has 1 fully saturated rings. The van der Waals surface area contributed by atoms with Crippen molar-refractivity contribution in [3.63, 3.8) is 0 Å². The van der Waals surface area contributed by atoms with Gasteiger partial charge in [-0.25, -0.2) is 0 Å². The SMILES string of the molecule is CCC(COC(C)CC)CC1CNCCO1. The van der Waals surface area contributed by atoms with Gasteiger partial charge in [-0.15, -0.1) is 0 Å².